The SMILES string of the molecule is CCOc1cc(/C=N\Nc2ncccc2[N+](=O)[O-])c(Br)cc1OCc1ccc(Cl)cc1Cl. The van der Waals surface area contributed by atoms with Crippen LogP contribution in [-0.4, -0.2) is 22.7 Å². The third kappa shape index (κ3) is 6.09. The van der Waals surface area contributed by atoms with E-state index in [1.165, 1.54) is 24.5 Å². The number of benzene rings is 2. The molecule has 11 heteroatoms. The van der Waals surface area contributed by atoms with Gasteiger partial charge in [-0.1, -0.05) is 29.3 Å². The number of hydrogen-bond acceptors (Lipinski definition) is 7. The van der Waals surface area contributed by atoms with Crippen molar-refractivity contribution in [3.63, 3.8) is 0 Å². The smallest absolute Gasteiger partial charge is 0.313 e. The molecule has 1 N–H and O–H groups in total. The maximum Gasteiger partial charge on any atom is 0.313 e. The van der Waals surface area contributed by atoms with E-state index >= 15 is 0 Å². The molecule has 32 heavy (non-hydrogen) atoms. The van der Waals surface area contributed by atoms with E-state index in [0.717, 1.165) is 5.56 Å². The highest BCUT2D eigenvalue weighted by Gasteiger charge is 2.14. The van der Waals surface area contributed by atoms with E-state index in [9.17, 15) is 10.1 Å². The van der Waals surface area contributed by atoms with Crippen LogP contribution in [0, 0.1) is 10.1 Å². The molecule has 2 aromatic carbocycles. The number of ether oxygens (including phenoxy) is 2. The molecule has 0 aliphatic rings. The summed E-state index contributed by atoms with van der Waals surface area (Å²) in [6, 6.07) is 11.5. The van der Waals surface area contributed by atoms with Gasteiger partial charge in [0.2, 0.25) is 5.82 Å². The number of nitrogens with zero attached hydrogens (tertiary/aromatic N) is 3. The first-order chi connectivity index (χ1) is 15.4. The van der Waals surface area contributed by atoms with Crippen molar-refractivity contribution in [3.05, 3.63) is 84.4 Å². The van der Waals surface area contributed by atoms with Gasteiger partial charge in [-0.15, -0.1) is 0 Å². The summed E-state index contributed by atoms with van der Waals surface area (Å²) in [4.78, 5) is 14.5. The summed E-state index contributed by atoms with van der Waals surface area (Å²) in [5.74, 6) is 1.05. The first kappa shape index (κ1) is 23.8. The van der Waals surface area contributed by atoms with Gasteiger partial charge in [-0.3, -0.25) is 15.5 Å². The van der Waals surface area contributed by atoms with Crippen LogP contribution in [0.25, 0.3) is 0 Å². The summed E-state index contributed by atoms with van der Waals surface area (Å²) in [5, 5.41) is 16.2. The molecule has 0 saturated carbocycles. The van der Waals surface area contributed by atoms with Gasteiger partial charge in [0, 0.05) is 37.9 Å². The van der Waals surface area contributed by atoms with Crippen molar-refractivity contribution >= 4 is 56.9 Å². The number of hydrogen-bond donors (Lipinski definition) is 1. The molecule has 0 atom stereocenters. The zero-order chi connectivity index (χ0) is 23.1. The summed E-state index contributed by atoms with van der Waals surface area (Å²) < 4.78 is 12.3. The van der Waals surface area contributed by atoms with E-state index in [4.69, 9.17) is 32.7 Å². The van der Waals surface area contributed by atoms with Crippen LogP contribution in [-0.2, 0) is 6.61 Å². The van der Waals surface area contributed by atoms with Gasteiger partial charge in [0.1, 0.15) is 6.61 Å². The van der Waals surface area contributed by atoms with E-state index in [-0.39, 0.29) is 18.1 Å². The fourth-order valence-electron chi connectivity index (χ4n) is 2.62. The Morgan fingerprint density at radius 1 is 1.22 bits per heavy atom. The molecule has 1 heterocycles. The normalized spacial score (nSPS) is 10.9. The van der Waals surface area contributed by atoms with Gasteiger partial charge in [0.25, 0.3) is 0 Å². The van der Waals surface area contributed by atoms with Crippen LogP contribution < -0.4 is 14.9 Å². The van der Waals surface area contributed by atoms with Gasteiger partial charge >= 0.3 is 5.69 Å². The van der Waals surface area contributed by atoms with Gasteiger partial charge in [-0.25, -0.2) is 4.98 Å². The average Bonchev–Trinajstić information content (AvgIpc) is 2.76. The molecular formula is C21H17BrCl2N4O4. The van der Waals surface area contributed by atoms with Crippen molar-refractivity contribution in [3.8, 4) is 11.5 Å². The van der Waals surface area contributed by atoms with Gasteiger partial charge in [0.05, 0.1) is 17.7 Å². The van der Waals surface area contributed by atoms with Gasteiger partial charge in [-0.2, -0.15) is 5.10 Å². The number of rotatable bonds is 9. The Morgan fingerprint density at radius 3 is 2.72 bits per heavy atom. The van der Waals surface area contributed by atoms with E-state index in [1.54, 1.807) is 30.3 Å². The lowest BCUT2D eigenvalue weighted by Crippen LogP contribution is -2.02. The molecule has 3 aromatic rings. The first-order valence-electron chi connectivity index (χ1n) is 9.30. The van der Waals surface area contributed by atoms with Crippen molar-refractivity contribution in [1.82, 2.24) is 4.98 Å². The highest BCUT2D eigenvalue weighted by atomic mass is 79.9. The maximum atomic E-state index is 11.1. The Bertz CT molecular complexity index is 1160. The number of anilines is 1. The quantitative estimate of drug-likeness (QED) is 0.190. The molecule has 0 spiro atoms. The highest BCUT2D eigenvalue weighted by Crippen LogP contribution is 2.34. The number of nitrogens with one attached hydrogen (secondary N) is 1. The lowest BCUT2D eigenvalue weighted by Gasteiger charge is -2.14. The summed E-state index contributed by atoms with van der Waals surface area (Å²) in [6.07, 6.45) is 2.93. The molecule has 1 aromatic heterocycles. The number of aromatic nitrogens is 1. The van der Waals surface area contributed by atoms with Crippen LogP contribution in [0.15, 0.2) is 58.2 Å². The second-order valence-electron chi connectivity index (χ2n) is 6.28. The molecule has 166 valence electrons. The molecule has 3 rings (SSSR count). The fraction of sp³-hybridized carbons (Fsp3) is 0.143. The first-order valence-corrected chi connectivity index (χ1v) is 10.9. The number of halogens is 3. The van der Waals surface area contributed by atoms with Gasteiger partial charge in [0.15, 0.2) is 11.5 Å². The topological polar surface area (TPSA) is 98.9 Å². The number of hydrazone groups is 1. The lowest BCUT2D eigenvalue weighted by atomic mass is 10.2. The molecule has 0 amide bonds. The molecule has 0 aliphatic heterocycles. The summed E-state index contributed by atoms with van der Waals surface area (Å²) >= 11 is 15.6. The van der Waals surface area contributed by atoms with Crippen LogP contribution in [0.4, 0.5) is 11.5 Å². The Labute approximate surface area is 202 Å². The molecule has 0 bridgehead atoms. The van der Waals surface area contributed by atoms with Crippen LogP contribution in [0.5, 0.6) is 11.5 Å². The molecule has 0 unspecified atom stereocenters. The molecule has 0 aliphatic carbocycles. The zero-order valence-corrected chi connectivity index (χ0v) is 19.8. The third-order valence-electron chi connectivity index (χ3n) is 4.12. The van der Waals surface area contributed by atoms with Crippen molar-refractivity contribution in [2.75, 3.05) is 12.0 Å². The summed E-state index contributed by atoms with van der Waals surface area (Å²) in [7, 11) is 0. The van der Waals surface area contributed by atoms with Crippen molar-refractivity contribution in [2.45, 2.75) is 13.5 Å². The standard InChI is InChI=1S/C21H17BrCl2N4O4/c1-2-31-19-8-14(11-26-27-21-18(28(29)30)4-3-7-25-21)16(22)10-20(19)32-12-13-5-6-15(23)9-17(13)24/h3-11H,2,12H2,1H3,(H,25,27)/b26-11-. The van der Waals surface area contributed by atoms with E-state index < -0.39 is 4.92 Å². The average molecular weight is 540 g/mol. The Kier molecular flexibility index (Phi) is 8.26. The molecule has 0 radical (unpaired) electrons. The summed E-state index contributed by atoms with van der Waals surface area (Å²) in [5.41, 5.74) is 3.86. The van der Waals surface area contributed by atoms with E-state index in [2.05, 4.69) is 31.4 Å². The third-order valence-corrected chi connectivity index (χ3v) is 5.39. The molecule has 8 nitrogen and oxygen atoms in total. The Balaban J connectivity index is 1.79. The van der Waals surface area contributed by atoms with Crippen LogP contribution in [0.3, 0.4) is 0 Å². The Hall–Kier alpha value is -2.88. The van der Waals surface area contributed by atoms with Crippen LogP contribution in [0.2, 0.25) is 10.0 Å². The predicted molar refractivity (Wildman–Crippen MR) is 128 cm³/mol. The monoisotopic (exact) mass is 538 g/mol. The lowest BCUT2D eigenvalue weighted by molar-refractivity contribution is -0.384. The number of pyridine rings is 1. The minimum Gasteiger partial charge on any atom is -0.490 e. The van der Waals surface area contributed by atoms with Crippen LogP contribution >= 0.6 is 39.1 Å². The van der Waals surface area contributed by atoms with Gasteiger partial charge < -0.3 is 9.47 Å². The van der Waals surface area contributed by atoms with Crippen LogP contribution in [0.1, 0.15) is 18.1 Å². The molecule has 0 fully saturated rings. The second-order valence-corrected chi connectivity index (χ2v) is 7.97. The van der Waals surface area contributed by atoms with Crippen molar-refractivity contribution < 1.29 is 14.4 Å². The van der Waals surface area contributed by atoms with Gasteiger partial charge in [-0.05, 0) is 53.2 Å². The highest BCUT2D eigenvalue weighted by molar-refractivity contribution is 9.10. The zero-order valence-electron chi connectivity index (χ0n) is 16.7. The van der Waals surface area contributed by atoms with Crippen molar-refractivity contribution in [2.24, 2.45) is 5.10 Å². The van der Waals surface area contributed by atoms with E-state index in [1.807, 2.05) is 6.92 Å². The number of nitro groups is 1. The second kappa shape index (κ2) is 11.1. The Morgan fingerprint density at radius 2 is 2.00 bits per heavy atom. The maximum absolute atomic E-state index is 11.1. The largest absolute Gasteiger partial charge is 0.490 e. The van der Waals surface area contributed by atoms with Crippen molar-refractivity contribution in [1.29, 1.82) is 0 Å². The molecule has 0 saturated heterocycles. The summed E-state index contributed by atoms with van der Waals surface area (Å²) in [6.45, 7) is 2.51. The minimum absolute atomic E-state index is 0.0368. The van der Waals surface area contributed by atoms with E-state index in [0.29, 0.717) is 38.2 Å². The molecular weight excluding hydrogens is 523 g/mol. The predicted octanol–water partition coefficient (Wildman–Crippen LogP) is 6.48. The minimum atomic E-state index is -0.535. The fourth-order valence-corrected chi connectivity index (χ4v) is 3.51.